The summed E-state index contributed by atoms with van der Waals surface area (Å²) >= 11 is 6.30. The Labute approximate surface area is 162 Å². The van der Waals surface area contributed by atoms with Gasteiger partial charge in [-0.1, -0.05) is 78.3 Å². The lowest BCUT2D eigenvalue weighted by molar-refractivity contribution is 1.23. The van der Waals surface area contributed by atoms with Crippen molar-refractivity contribution in [2.24, 2.45) is 0 Å². The molecule has 0 aliphatic rings. The highest BCUT2D eigenvalue weighted by Crippen LogP contribution is 2.36. The van der Waals surface area contributed by atoms with E-state index in [-0.39, 0.29) is 0 Å². The zero-order valence-electron chi connectivity index (χ0n) is 14.4. The van der Waals surface area contributed by atoms with Crippen molar-refractivity contribution < 1.29 is 0 Å². The van der Waals surface area contributed by atoms with Gasteiger partial charge in [0, 0.05) is 22.2 Å². The molecule has 0 N–H and O–H groups in total. The van der Waals surface area contributed by atoms with Crippen LogP contribution in [0.25, 0.3) is 44.2 Å². The quantitative estimate of drug-likeness (QED) is 0.322. The van der Waals surface area contributed by atoms with Crippen LogP contribution in [0.3, 0.4) is 0 Å². The molecule has 3 heteroatoms. The zero-order chi connectivity index (χ0) is 18.2. The molecule has 0 atom stereocenters. The fourth-order valence-electron chi connectivity index (χ4n) is 3.48. The Balaban J connectivity index is 1.85. The molecule has 0 saturated carbocycles. The van der Waals surface area contributed by atoms with Crippen LogP contribution < -0.4 is 0 Å². The SMILES string of the molecule is Clc1ccc2c(c1)c(-c1ccccc1)cc1nc(-c3ccccc3)ncc12. The molecule has 0 aliphatic heterocycles. The van der Waals surface area contributed by atoms with Crippen molar-refractivity contribution in [1.82, 2.24) is 9.97 Å². The van der Waals surface area contributed by atoms with Gasteiger partial charge in [0.05, 0.1) is 5.52 Å². The summed E-state index contributed by atoms with van der Waals surface area (Å²) in [5, 5.41) is 3.97. The Morgan fingerprint density at radius 2 is 1.33 bits per heavy atom. The number of nitrogens with zero attached hydrogens (tertiary/aromatic N) is 2. The van der Waals surface area contributed by atoms with Crippen LogP contribution in [-0.4, -0.2) is 9.97 Å². The van der Waals surface area contributed by atoms with Crippen LogP contribution in [0, 0.1) is 0 Å². The third-order valence-corrected chi connectivity index (χ3v) is 5.01. The average Bonchev–Trinajstić information content (AvgIpc) is 2.74. The largest absolute Gasteiger partial charge is 0.236 e. The summed E-state index contributed by atoms with van der Waals surface area (Å²) in [4.78, 5) is 9.47. The minimum absolute atomic E-state index is 0.723. The Morgan fingerprint density at radius 3 is 2.07 bits per heavy atom. The Morgan fingerprint density at radius 1 is 0.630 bits per heavy atom. The number of benzene rings is 4. The Kier molecular flexibility index (Phi) is 3.84. The second-order valence-electron chi connectivity index (χ2n) is 6.47. The standard InChI is InChI=1S/C24H15ClN2/c25-18-11-12-19-21(13-18)20(16-7-3-1-4-8-16)14-23-22(19)15-26-24(27-23)17-9-5-2-6-10-17/h1-15H. The van der Waals surface area contributed by atoms with Crippen LogP contribution in [0.5, 0.6) is 0 Å². The van der Waals surface area contributed by atoms with Gasteiger partial charge < -0.3 is 0 Å². The molecule has 5 aromatic rings. The predicted octanol–water partition coefficient (Wildman–Crippen LogP) is 6.77. The van der Waals surface area contributed by atoms with Gasteiger partial charge in [-0.05, 0) is 40.1 Å². The highest BCUT2D eigenvalue weighted by Gasteiger charge is 2.12. The maximum absolute atomic E-state index is 6.30. The van der Waals surface area contributed by atoms with Crippen LogP contribution in [0.15, 0.2) is 91.1 Å². The molecule has 1 heterocycles. The van der Waals surface area contributed by atoms with E-state index >= 15 is 0 Å². The second kappa shape index (κ2) is 6.49. The number of fused-ring (bicyclic) bond motifs is 3. The Bertz CT molecular complexity index is 1270. The molecule has 0 spiro atoms. The lowest BCUT2D eigenvalue weighted by Gasteiger charge is -2.12. The van der Waals surface area contributed by atoms with Crippen molar-refractivity contribution in [3.63, 3.8) is 0 Å². The van der Waals surface area contributed by atoms with Crippen LogP contribution in [0.1, 0.15) is 0 Å². The van der Waals surface area contributed by atoms with Crippen molar-refractivity contribution in [3.8, 4) is 22.5 Å². The summed E-state index contributed by atoms with van der Waals surface area (Å²) in [5.41, 5.74) is 4.21. The minimum atomic E-state index is 0.723. The smallest absolute Gasteiger partial charge is 0.159 e. The highest BCUT2D eigenvalue weighted by atomic mass is 35.5. The van der Waals surface area contributed by atoms with Crippen molar-refractivity contribution in [2.45, 2.75) is 0 Å². The van der Waals surface area contributed by atoms with E-state index in [0.717, 1.165) is 49.2 Å². The molecule has 0 radical (unpaired) electrons. The van der Waals surface area contributed by atoms with Gasteiger partial charge >= 0.3 is 0 Å². The molecule has 2 nitrogen and oxygen atoms in total. The lowest BCUT2D eigenvalue weighted by Crippen LogP contribution is -1.92. The first kappa shape index (κ1) is 16.0. The molecule has 0 amide bonds. The molecule has 5 rings (SSSR count). The van der Waals surface area contributed by atoms with Gasteiger partial charge in [-0.2, -0.15) is 0 Å². The van der Waals surface area contributed by atoms with Crippen molar-refractivity contribution in [2.75, 3.05) is 0 Å². The molecule has 4 aromatic carbocycles. The summed E-state index contributed by atoms with van der Waals surface area (Å²) < 4.78 is 0. The molecule has 0 unspecified atom stereocenters. The van der Waals surface area contributed by atoms with E-state index in [0.29, 0.717) is 0 Å². The maximum atomic E-state index is 6.30. The Hall–Kier alpha value is -3.23. The van der Waals surface area contributed by atoms with Crippen LogP contribution in [0.4, 0.5) is 0 Å². The fraction of sp³-hybridized carbons (Fsp3) is 0. The van der Waals surface area contributed by atoms with E-state index in [2.05, 4.69) is 29.2 Å². The summed E-state index contributed by atoms with van der Waals surface area (Å²) in [6.45, 7) is 0. The normalized spacial score (nSPS) is 11.1. The van der Waals surface area contributed by atoms with Gasteiger partial charge in [-0.3, -0.25) is 0 Å². The van der Waals surface area contributed by atoms with E-state index in [9.17, 15) is 0 Å². The number of halogens is 1. The van der Waals surface area contributed by atoms with Crippen molar-refractivity contribution in [3.05, 3.63) is 96.1 Å². The number of hydrogen-bond acceptors (Lipinski definition) is 2. The van der Waals surface area contributed by atoms with Crippen LogP contribution >= 0.6 is 11.6 Å². The van der Waals surface area contributed by atoms with E-state index < -0.39 is 0 Å². The molecule has 128 valence electrons. The van der Waals surface area contributed by atoms with E-state index in [1.807, 2.05) is 66.9 Å². The first-order chi connectivity index (χ1) is 13.3. The predicted molar refractivity (Wildman–Crippen MR) is 113 cm³/mol. The first-order valence-corrected chi connectivity index (χ1v) is 9.17. The summed E-state index contributed by atoms with van der Waals surface area (Å²) in [7, 11) is 0. The monoisotopic (exact) mass is 366 g/mol. The fourth-order valence-corrected chi connectivity index (χ4v) is 3.66. The average molecular weight is 367 g/mol. The third kappa shape index (κ3) is 2.84. The van der Waals surface area contributed by atoms with Crippen LogP contribution in [-0.2, 0) is 0 Å². The van der Waals surface area contributed by atoms with Gasteiger partial charge in [0.2, 0.25) is 0 Å². The number of aromatic nitrogens is 2. The second-order valence-corrected chi connectivity index (χ2v) is 6.91. The molecular formula is C24H15ClN2. The van der Waals surface area contributed by atoms with Crippen molar-refractivity contribution >= 4 is 33.3 Å². The lowest BCUT2D eigenvalue weighted by atomic mass is 9.95. The van der Waals surface area contributed by atoms with Gasteiger partial charge in [-0.25, -0.2) is 9.97 Å². The minimum Gasteiger partial charge on any atom is -0.236 e. The van der Waals surface area contributed by atoms with Gasteiger partial charge in [0.1, 0.15) is 0 Å². The van der Waals surface area contributed by atoms with E-state index in [1.54, 1.807) is 0 Å². The topological polar surface area (TPSA) is 25.8 Å². The maximum Gasteiger partial charge on any atom is 0.159 e. The van der Waals surface area contributed by atoms with E-state index in [1.165, 1.54) is 0 Å². The summed E-state index contributed by atoms with van der Waals surface area (Å²) in [6, 6.07) is 28.5. The molecule has 0 bridgehead atoms. The molecule has 0 aliphatic carbocycles. The molecular weight excluding hydrogens is 352 g/mol. The van der Waals surface area contributed by atoms with Crippen molar-refractivity contribution in [1.29, 1.82) is 0 Å². The molecule has 0 saturated heterocycles. The summed E-state index contributed by atoms with van der Waals surface area (Å²) in [6.07, 6.45) is 1.91. The summed E-state index contributed by atoms with van der Waals surface area (Å²) in [5.74, 6) is 0.732. The molecule has 27 heavy (non-hydrogen) atoms. The zero-order valence-corrected chi connectivity index (χ0v) is 15.2. The van der Waals surface area contributed by atoms with Gasteiger partial charge in [-0.15, -0.1) is 0 Å². The van der Waals surface area contributed by atoms with Gasteiger partial charge in [0.25, 0.3) is 0 Å². The molecule has 0 fully saturated rings. The third-order valence-electron chi connectivity index (χ3n) is 4.78. The number of hydrogen-bond donors (Lipinski definition) is 0. The molecule has 1 aromatic heterocycles. The number of rotatable bonds is 2. The van der Waals surface area contributed by atoms with E-state index in [4.69, 9.17) is 16.6 Å². The van der Waals surface area contributed by atoms with Gasteiger partial charge in [0.15, 0.2) is 5.82 Å². The highest BCUT2D eigenvalue weighted by molar-refractivity contribution is 6.32. The first-order valence-electron chi connectivity index (χ1n) is 8.79. The van der Waals surface area contributed by atoms with Crippen LogP contribution in [0.2, 0.25) is 5.02 Å².